The number of carbonyl (C=O) groups excluding carboxylic acids is 2. The van der Waals surface area contributed by atoms with E-state index < -0.39 is 0 Å². The Bertz CT molecular complexity index is 625. The number of piperidine rings is 1. The second kappa shape index (κ2) is 18.8. The summed E-state index contributed by atoms with van der Waals surface area (Å²) >= 11 is 0. The molecule has 0 aromatic rings. The number of likely N-dealkylation sites (tertiary alicyclic amines) is 1. The van der Waals surface area contributed by atoms with Crippen LogP contribution in [-0.2, 0) is 28.5 Å². The van der Waals surface area contributed by atoms with Crippen LogP contribution in [0.1, 0.15) is 19.3 Å². The Morgan fingerprint density at radius 2 is 1.24 bits per heavy atom. The van der Waals surface area contributed by atoms with Crippen molar-refractivity contribution in [1.82, 2.24) is 24.5 Å². The second-order valence-corrected chi connectivity index (χ2v) is 10.2. The topological polar surface area (TPSA) is 87.3 Å². The minimum absolute atomic E-state index is 0.0768. The van der Waals surface area contributed by atoms with Gasteiger partial charge in [0.25, 0.3) is 0 Å². The maximum absolute atomic E-state index is 12.5. The van der Waals surface area contributed by atoms with Gasteiger partial charge in [0.15, 0.2) is 0 Å². The van der Waals surface area contributed by atoms with Crippen molar-refractivity contribution < 1.29 is 28.5 Å². The zero-order valence-electron chi connectivity index (χ0n) is 23.7. The zero-order valence-corrected chi connectivity index (χ0v) is 23.7. The smallest absolute Gasteiger partial charge is 0.238 e. The molecular weight excluding hydrogens is 478 g/mol. The summed E-state index contributed by atoms with van der Waals surface area (Å²) in [4.78, 5) is 34.7. The van der Waals surface area contributed by atoms with Gasteiger partial charge in [0.1, 0.15) is 6.73 Å². The summed E-state index contributed by atoms with van der Waals surface area (Å²) in [6.07, 6.45) is 2.81. The van der Waals surface area contributed by atoms with E-state index in [1.54, 1.807) is 24.0 Å². The molecule has 0 unspecified atom stereocenters. The van der Waals surface area contributed by atoms with Crippen LogP contribution in [0, 0.1) is 5.92 Å². The van der Waals surface area contributed by atoms with Crippen LogP contribution in [0.3, 0.4) is 0 Å². The van der Waals surface area contributed by atoms with Gasteiger partial charge >= 0.3 is 0 Å². The minimum atomic E-state index is 0.0768. The van der Waals surface area contributed by atoms with Crippen molar-refractivity contribution in [3.8, 4) is 0 Å². The van der Waals surface area contributed by atoms with Gasteiger partial charge in [-0.2, -0.15) is 0 Å². The van der Waals surface area contributed by atoms with E-state index in [2.05, 4.69) is 14.7 Å². The molecule has 0 atom stereocenters. The molecule has 0 radical (unpaired) electrons. The Hall–Kier alpha value is -1.34. The number of nitrogens with zero attached hydrogens (tertiary/aromatic N) is 5. The van der Waals surface area contributed by atoms with Gasteiger partial charge in [-0.1, -0.05) is 0 Å². The number of rotatable bonds is 18. The standard InChI is InChI=1S/C26H51N5O6/c1-27(2)25(32)21-24-5-7-29(8-6-24)13-15-36-19-20-37-23-28(3)26(33)22-31-11-9-30(10-12-31)14-16-35-18-17-34-4/h24H,5-23H2,1-4H3. The predicted octanol–water partition coefficient (Wildman–Crippen LogP) is -0.0936. The van der Waals surface area contributed by atoms with E-state index in [1.165, 1.54) is 0 Å². The van der Waals surface area contributed by atoms with Crippen LogP contribution < -0.4 is 0 Å². The normalized spacial score (nSPS) is 18.3. The van der Waals surface area contributed by atoms with Crippen LogP contribution in [0.15, 0.2) is 0 Å². The maximum Gasteiger partial charge on any atom is 0.238 e. The highest BCUT2D eigenvalue weighted by Crippen LogP contribution is 2.20. The minimum Gasteiger partial charge on any atom is -0.382 e. The highest BCUT2D eigenvalue weighted by atomic mass is 16.5. The van der Waals surface area contributed by atoms with Gasteiger partial charge in [0.05, 0.1) is 46.2 Å². The van der Waals surface area contributed by atoms with E-state index in [0.717, 1.165) is 65.2 Å². The predicted molar refractivity (Wildman–Crippen MR) is 142 cm³/mol. The maximum atomic E-state index is 12.5. The van der Waals surface area contributed by atoms with Crippen LogP contribution >= 0.6 is 0 Å². The fraction of sp³-hybridized carbons (Fsp3) is 0.923. The first kappa shape index (κ1) is 31.9. The molecule has 2 amide bonds. The van der Waals surface area contributed by atoms with Gasteiger partial charge in [-0.3, -0.25) is 19.4 Å². The van der Waals surface area contributed by atoms with Crippen molar-refractivity contribution >= 4 is 11.8 Å². The van der Waals surface area contributed by atoms with Gasteiger partial charge in [0, 0.05) is 73.9 Å². The van der Waals surface area contributed by atoms with Gasteiger partial charge < -0.3 is 33.6 Å². The summed E-state index contributed by atoms with van der Waals surface area (Å²) < 4.78 is 21.9. The van der Waals surface area contributed by atoms with Gasteiger partial charge in [-0.15, -0.1) is 0 Å². The molecule has 0 aromatic heterocycles. The molecule has 0 N–H and O–H groups in total. The molecule has 2 saturated heterocycles. The number of ether oxygens (including phenoxy) is 4. The van der Waals surface area contributed by atoms with Crippen LogP contribution in [0.25, 0.3) is 0 Å². The Labute approximate surface area is 223 Å². The number of likely N-dealkylation sites (N-methyl/N-ethyl adjacent to an activating group) is 1. The molecule has 0 aromatic carbocycles. The van der Waals surface area contributed by atoms with Crippen molar-refractivity contribution in [2.75, 3.05) is 134 Å². The number of hydrogen-bond acceptors (Lipinski definition) is 9. The molecule has 11 nitrogen and oxygen atoms in total. The number of carbonyl (C=O) groups is 2. The lowest BCUT2D eigenvalue weighted by Gasteiger charge is -2.34. The van der Waals surface area contributed by atoms with Gasteiger partial charge in [-0.05, 0) is 31.8 Å². The third-order valence-electron chi connectivity index (χ3n) is 7.11. The van der Waals surface area contributed by atoms with E-state index in [9.17, 15) is 9.59 Å². The van der Waals surface area contributed by atoms with E-state index >= 15 is 0 Å². The molecular formula is C26H51N5O6. The molecule has 2 aliphatic rings. The Morgan fingerprint density at radius 1 is 0.703 bits per heavy atom. The van der Waals surface area contributed by atoms with E-state index in [1.807, 2.05) is 14.1 Å². The van der Waals surface area contributed by atoms with E-state index in [0.29, 0.717) is 58.5 Å². The first-order chi connectivity index (χ1) is 17.9. The summed E-state index contributed by atoms with van der Waals surface area (Å²) in [7, 11) is 7.10. The van der Waals surface area contributed by atoms with Crippen LogP contribution in [0.4, 0.5) is 0 Å². The monoisotopic (exact) mass is 529 g/mol. The Kier molecular flexibility index (Phi) is 16.2. The Morgan fingerprint density at radius 3 is 1.84 bits per heavy atom. The lowest BCUT2D eigenvalue weighted by Crippen LogP contribution is -2.50. The molecule has 37 heavy (non-hydrogen) atoms. The Balaban J connectivity index is 1.42. The summed E-state index contributed by atoms with van der Waals surface area (Å²) in [5.74, 6) is 0.803. The SMILES string of the molecule is COCCOCCN1CCN(CC(=O)N(C)COCCOCCN2CCC(CC(=O)N(C)C)CC2)CC1. The fourth-order valence-corrected chi connectivity index (χ4v) is 4.45. The average molecular weight is 530 g/mol. The molecule has 11 heteroatoms. The van der Waals surface area contributed by atoms with Crippen LogP contribution in [0.5, 0.6) is 0 Å². The molecule has 0 saturated carbocycles. The number of hydrogen-bond donors (Lipinski definition) is 0. The first-order valence-electron chi connectivity index (χ1n) is 13.7. The van der Waals surface area contributed by atoms with Gasteiger partial charge in [-0.25, -0.2) is 0 Å². The largest absolute Gasteiger partial charge is 0.382 e. The zero-order chi connectivity index (χ0) is 26.9. The van der Waals surface area contributed by atoms with Crippen molar-refractivity contribution in [2.24, 2.45) is 5.92 Å². The number of amides is 2. The quantitative estimate of drug-likeness (QED) is 0.179. The highest BCUT2D eigenvalue weighted by molar-refractivity contribution is 5.77. The fourth-order valence-electron chi connectivity index (χ4n) is 4.45. The molecule has 2 fully saturated rings. The number of methoxy groups -OCH3 is 1. The summed E-state index contributed by atoms with van der Waals surface area (Å²) in [5, 5.41) is 0. The van der Waals surface area contributed by atoms with E-state index in [-0.39, 0.29) is 18.5 Å². The van der Waals surface area contributed by atoms with Crippen molar-refractivity contribution in [1.29, 1.82) is 0 Å². The van der Waals surface area contributed by atoms with Gasteiger partial charge in [0.2, 0.25) is 11.8 Å². The molecule has 0 spiro atoms. The molecule has 2 heterocycles. The third kappa shape index (κ3) is 13.9. The summed E-state index contributed by atoms with van der Waals surface area (Å²) in [6.45, 7) is 11.9. The third-order valence-corrected chi connectivity index (χ3v) is 7.11. The molecule has 2 aliphatic heterocycles. The molecule has 0 bridgehead atoms. The summed E-state index contributed by atoms with van der Waals surface area (Å²) in [5.41, 5.74) is 0. The van der Waals surface area contributed by atoms with Crippen LogP contribution in [0.2, 0.25) is 0 Å². The highest BCUT2D eigenvalue weighted by Gasteiger charge is 2.22. The second-order valence-electron chi connectivity index (χ2n) is 10.2. The lowest BCUT2D eigenvalue weighted by atomic mass is 9.93. The average Bonchev–Trinajstić information content (AvgIpc) is 2.89. The molecule has 0 aliphatic carbocycles. The van der Waals surface area contributed by atoms with Crippen molar-refractivity contribution in [2.45, 2.75) is 19.3 Å². The van der Waals surface area contributed by atoms with Crippen molar-refractivity contribution in [3.63, 3.8) is 0 Å². The van der Waals surface area contributed by atoms with Crippen LogP contribution in [-0.4, -0.2) is 170 Å². The van der Waals surface area contributed by atoms with E-state index in [4.69, 9.17) is 18.9 Å². The van der Waals surface area contributed by atoms with Crippen molar-refractivity contribution in [3.05, 3.63) is 0 Å². The first-order valence-corrected chi connectivity index (χ1v) is 13.7. The number of piperazine rings is 1. The lowest BCUT2D eigenvalue weighted by molar-refractivity contribution is -0.137. The molecule has 216 valence electrons. The molecule has 2 rings (SSSR count). The summed E-state index contributed by atoms with van der Waals surface area (Å²) in [6, 6.07) is 0.